The van der Waals surface area contributed by atoms with E-state index in [1.807, 2.05) is 30.0 Å². The molecular weight excluding hydrogens is 282 g/mol. The zero-order chi connectivity index (χ0) is 12.4. The maximum absolute atomic E-state index is 11.6. The van der Waals surface area contributed by atoms with Gasteiger partial charge in [0.25, 0.3) is 0 Å². The number of anilines is 1. The summed E-state index contributed by atoms with van der Waals surface area (Å²) in [4.78, 5) is 13.6. The van der Waals surface area contributed by atoms with E-state index in [0.717, 1.165) is 16.7 Å². The summed E-state index contributed by atoms with van der Waals surface area (Å²) in [6.45, 7) is 3.18. The number of rotatable bonds is 1. The molecule has 0 radical (unpaired) electrons. The Bertz CT molecular complexity index is 495. The van der Waals surface area contributed by atoms with Crippen molar-refractivity contribution in [3.63, 3.8) is 0 Å². The summed E-state index contributed by atoms with van der Waals surface area (Å²) in [5, 5.41) is 12.0. The number of benzene rings is 1. The molecule has 1 aromatic rings. The summed E-state index contributed by atoms with van der Waals surface area (Å²) < 4.78 is 0.760. The van der Waals surface area contributed by atoms with Crippen LogP contribution < -0.4 is 10.2 Å². The van der Waals surface area contributed by atoms with E-state index in [9.17, 15) is 10.1 Å². The van der Waals surface area contributed by atoms with Gasteiger partial charge < -0.3 is 10.2 Å². The molecule has 88 valence electrons. The lowest BCUT2D eigenvalue weighted by Gasteiger charge is -2.35. The number of amides is 1. The molecule has 0 saturated carbocycles. The molecule has 0 bridgehead atoms. The fourth-order valence-electron chi connectivity index (χ4n) is 1.97. The fourth-order valence-corrected chi connectivity index (χ4v) is 2.42. The molecule has 1 fully saturated rings. The van der Waals surface area contributed by atoms with Gasteiger partial charge in [0.15, 0.2) is 0 Å². The lowest BCUT2D eigenvalue weighted by Crippen LogP contribution is -2.54. The highest BCUT2D eigenvalue weighted by Gasteiger charge is 2.27. The smallest absolute Gasteiger partial charge is 0.242 e. The Morgan fingerprint density at radius 3 is 3.06 bits per heavy atom. The van der Waals surface area contributed by atoms with Gasteiger partial charge in [-0.1, -0.05) is 6.07 Å². The number of nitrogens with one attached hydrogen (secondary N) is 1. The van der Waals surface area contributed by atoms with Crippen LogP contribution in [-0.2, 0) is 4.79 Å². The molecule has 1 aromatic carbocycles. The standard InChI is InChI=1S/C12H12BrN3O/c1-8-12(17)15-5-6-16(8)11-4-2-3-10(13)9(11)7-14/h2-4,8H,5-6H2,1H3,(H,15,17). The minimum absolute atomic E-state index is 0.000107. The van der Waals surface area contributed by atoms with Crippen LogP contribution in [-0.4, -0.2) is 25.0 Å². The summed E-state index contributed by atoms with van der Waals surface area (Å²) >= 11 is 3.36. The lowest BCUT2D eigenvalue weighted by atomic mass is 10.1. The van der Waals surface area contributed by atoms with Crippen LogP contribution in [0.5, 0.6) is 0 Å². The van der Waals surface area contributed by atoms with Crippen molar-refractivity contribution in [1.82, 2.24) is 5.32 Å². The molecule has 2 rings (SSSR count). The SMILES string of the molecule is CC1C(=O)NCCN1c1cccc(Br)c1C#N. The van der Waals surface area contributed by atoms with Crippen molar-refractivity contribution in [3.05, 3.63) is 28.2 Å². The summed E-state index contributed by atoms with van der Waals surface area (Å²) in [6.07, 6.45) is 0. The van der Waals surface area contributed by atoms with E-state index >= 15 is 0 Å². The van der Waals surface area contributed by atoms with Crippen LogP contribution in [0.15, 0.2) is 22.7 Å². The van der Waals surface area contributed by atoms with Crippen molar-refractivity contribution < 1.29 is 4.79 Å². The molecule has 0 aromatic heterocycles. The summed E-state index contributed by atoms with van der Waals surface area (Å²) in [7, 11) is 0. The van der Waals surface area contributed by atoms with Crippen molar-refractivity contribution in [2.75, 3.05) is 18.0 Å². The van der Waals surface area contributed by atoms with E-state index in [-0.39, 0.29) is 11.9 Å². The molecule has 1 saturated heterocycles. The van der Waals surface area contributed by atoms with Crippen molar-refractivity contribution >= 4 is 27.5 Å². The van der Waals surface area contributed by atoms with Gasteiger partial charge in [-0.25, -0.2) is 0 Å². The van der Waals surface area contributed by atoms with Crippen LogP contribution in [0.25, 0.3) is 0 Å². The monoisotopic (exact) mass is 293 g/mol. The molecule has 1 aliphatic heterocycles. The molecule has 1 aliphatic rings. The Kier molecular flexibility index (Phi) is 3.34. The number of halogens is 1. The van der Waals surface area contributed by atoms with Gasteiger partial charge in [-0.05, 0) is 35.0 Å². The average molecular weight is 294 g/mol. The topological polar surface area (TPSA) is 56.1 Å². The highest BCUT2D eigenvalue weighted by Crippen LogP contribution is 2.28. The van der Waals surface area contributed by atoms with E-state index in [1.165, 1.54) is 0 Å². The van der Waals surface area contributed by atoms with Crippen LogP contribution in [0.4, 0.5) is 5.69 Å². The minimum Gasteiger partial charge on any atom is -0.357 e. The first-order chi connectivity index (χ1) is 8.15. The van der Waals surface area contributed by atoms with Crippen molar-refractivity contribution in [2.45, 2.75) is 13.0 Å². The van der Waals surface area contributed by atoms with Gasteiger partial charge in [0.05, 0.1) is 11.3 Å². The van der Waals surface area contributed by atoms with E-state index < -0.39 is 0 Å². The normalized spacial score (nSPS) is 19.7. The molecule has 1 unspecified atom stereocenters. The molecule has 1 heterocycles. The van der Waals surface area contributed by atoms with E-state index in [0.29, 0.717) is 12.1 Å². The van der Waals surface area contributed by atoms with Gasteiger partial charge in [0.2, 0.25) is 5.91 Å². The van der Waals surface area contributed by atoms with Gasteiger partial charge >= 0.3 is 0 Å². The third kappa shape index (κ3) is 2.13. The highest BCUT2D eigenvalue weighted by molar-refractivity contribution is 9.10. The minimum atomic E-state index is -0.245. The number of hydrogen-bond donors (Lipinski definition) is 1. The summed E-state index contributed by atoms with van der Waals surface area (Å²) in [5.74, 6) is 0.000107. The number of carbonyl (C=O) groups is 1. The van der Waals surface area contributed by atoms with Gasteiger partial charge in [-0.15, -0.1) is 0 Å². The van der Waals surface area contributed by atoms with E-state index in [1.54, 1.807) is 0 Å². The Morgan fingerprint density at radius 2 is 2.35 bits per heavy atom. The number of hydrogen-bond acceptors (Lipinski definition) is 3. The molecule has 1 amide bonds. The molecular formula is C12H12BrN3O. The van der Waals surface area contributed by atoms with Crippen molar-refractivity contribution in [1.29, 1.82) is 5.26 Å². The zero-order valence-electron chi connectivity index (χ0n) is 9.40. The molecule has 17 heavy (non-hydrogen) atoms. The number of carbonyl (C=O) groups excluding carboxylic acids is 1. The predicted octanol–water partition coefficient (Wildman–Crippen LogP) is 1.65. The Balaban J connectivity index is 2.43. The van der Waals surface area contributed by atoms with Gasteiger partial charge in [0, 0.05) is 17.6 Å². The number of piperazine rings is 1. The maximum atomic E-state index is 11.6. The summed E-state index contributed by atoms with van der Waals surface area (Å²) in [6, 6.07) is 7.51. The van der Waals surface area contributed by atoms with Crippen LogP contribution >= 0.6 is 15.9 Å². The quantitative estimate of drug-likeness (QED) is 0.856. The van der Waals surface area contributed by atoms with Crippen LogP contribution in [0.3, 0.4) is 0 Å². The third-order valence-electron chi connectivity index (χ3n) is 2.91. The van der Waals surface area contributed by atoms with Gasteiger partial charge in [0.1, 0.15) is 12.1 Å². The molecule has 4 nitrogen and oxygen atoms in total. The molecule has 0 aliphatic carbocycles. The van der Waals surface area contributed by atoms with E-state index in [4.69, 9.17) is 0 Å². The largest absolute Gasteiger partial charge is 0.357 e. The highest BCUT2D eigenvalue weighted by atomic mass is 79.9. The Morgan fingerprint density at radius 1 is 1.59 bits per heavy atom. The van der Waals surface area contributed by atoms with E-state index in [2.05, 4.69) is 27.3 Å². The molecule has 1 atom stereocenters. The Labute approximate surface area is 108 Å². The van der Waals surface area contributed by atoms with Gasteiger partial charge in [-0.2, -0.15) is 5.26 Å². The number of nitrogens with zero attached hydrogens (tertiary/aromatic N) is 2. The predicted molar refractivity (Wildman–Crippen MR) is 68.7 cm³/mol. The lowest BCUT2D eigenvalue weighted by molar-refractivity contribution is -0.122. The molecule has 1 N–H and O–H groups in total. The maximum Gasteiger partial charge on any atom is 0.242 e. The molecule has 0 spiro atoms. The van der Waals surface area contributed by atoms with Crippen LogP contribution in [0, 0.1) is 11.3 Å². The summed E-state index contributed by atoms with van der Waals surface area (Å²) in [5.41, 5.74) is 1.39. The molecule has 5 heteroatoms. The average Bonchev–Trinajstić information content (AvgIpc) is 2.32. The zero-order valence-corrected chi connectivity index (χ0v) is 11.0. The second kappa shape index (κ2) is 4.76. The first kappa shape index (κ1) is 11.9. The first-order valence-electron chi connectivity index (χ1n) is 5.38. The number of nitriles is 1. The second-order valence-corrected chi connectivity index (χ2v) is 4.76. The van der Waals surface area contributed by atoms with Crippen LogP contribution in [0.1, 0.15) is 12.5 Å². The first-order valence-corrected chi connectivity index (χ1v) is 6.17. The fraction of sp³-hybridized carbons (Fsp3) is 0.333. The van der Waals surface area contributed by atoms with Gasteiger partial charge in [-0.3, -0.25) is 4.79 Å². The van der Waals surface area contributed by atoms with Crippen molar-refractivity contribution in [2.24, 2.45) is 0 Å². The Hall–Kier alpha value is -1.54. The second-order valence-electron chi connectivity index (χ2n) is 3.91. The third-order valence-corrected chi connectivity index (χ3v) is 3.57. The van der Waals surface area contributed by atoms with Crippen molar-refractivity contribution in [3.8, 4) is 6.07 Å². The van der Waals surface area contributed by atoms with Crippen LogP contribution in [0.2, 0.25) is 0 Å².